The van der Waals surface area contributed by atoms with Gasteiger partial charge in [-0.25, -0.2) is 4.98 Å². The molecule has 1 aromatic rings. The molecular weight excluding hydrogens is 282 g/mol. The van der Waals surface area contributed by atoms with Gasteiger partial charge in [0.05, 0.1) is 24.8 Å². The molecule has 1 unspecified atom stereocenters. The highest BCUT2D eigenvalue weighted by atomic mass is 16.5. The predicted molar refractivity (Wildman–Crippen MR) is 84.0 cm³/mol. The number of oxazole rings is 1. The van der Waals surface area contributed by atoms with E-state index >= 15 is 0 Å². The molecule has 0 aliphatic carbocycles. The van der Waals surface area contributed by atoms with E-state index in [1.165, 1.54) is 13.5 Å². The second kappa shape index (κ2) is 8.34. The van der Waals surface area contributed by atoms with Gasteiger partial charge in [0.25, 0.3) is 0 Å². The monoisotopic (exact) mass is 305 g/mol. The molecule has 0 amide bonds. The summed E-state index contributed by atoms with van der Waals surface area (Å²) in [5.74, 6) is 0.357. The van der Waals surface area contributed by atoms with Crippen molar-refractivity contribution in [3.05, 3.63) is 54.3 Å². The lowest BCUT2D eigenvalue weighted by Crippen LogP contribution is -2.38. The Hall–Kier alpha value is -2.14. The number of aliphatic hydroxyl groups excluding tert-OH is 1. The third kappa shape index (κ3) is 5.00. The summed E-state index contributed by atoms with van der Waals surface area (Å²) in [6, 6.07) is 0. The Morgan fingerprint density at radius 2 is 2.18 bits per heavy atom. The first-order chi connectivity index (χ1) is 10.4. The Bertz CT molecular complexity index is 553. The molecule has 0 saturated heterocycles. The Kier molecular flexibility index (Phi) is 6.79. The minimum atomic E-state index is -0.981. The lowest BCUT2D eigenvalue weighted by atomic mass is 9.83. The van der Waals surface area contributed by atoms with Gasteiger partial charge in [-0.15, -0.1) is 0 Å². The van der Waals surface area contributed by atoms with E-state index in [0.717, 1.165) is 5.76 Å². The van der Waals surface area contributed by atoms with Gasteiger partial charge in [0.15, 0.2) is 6.39 Å². The molecule has 1 heterocycles. The summed E-state index contributed by atoms with van der Waals surface area (Å²) in [6.45, 7) is 5.08. The van der Waals surface area contributed by atoms with Gasteiger partial charge in [0, 0.05) is 6.42 Å². The van der Waals surface area contributed by atoms with Crippen molar-refractivity contribution in [1.29, 1.82) is 0 Å². The second-order valence-corrected chi connectivity index (χ2v) is 5.51. The number of rotatable bonds is 7. The number of hydrogen-bond acceptors (Lipinski definition) is 5. The summed E-state index contributed by atoms with van der Waals surface area (Å²) >= 11 is 0. The third-order valence-electron chi connectivity index (χ3n) is 3.35. The van der Waals surface area contributed by atoms with Crippen LogP contribution in [-0.4, -0.2) is 29.3 Å². The molecule has 1 aromatic heterocycles. The van der Waals surface area contributed by atoms with Crippen LogP contribution < -0.4 is 0 Å². The van der Waals surface area contributed by atoms with Crippen molar-refractivity contribution in [3.63, 3.8) is 0 Å². The molecule has 0 bridgehead atoms. The van der Waals surface area contributed by atoms with E-state index in [0.29, 0.717) is 12.0 Å². The van der Waals surface area contributed by atoms with Crippen LogP contribution in [0.15, 0.2) is 53.0 Å². The fourth-order valence-corrected chi connectivity index (χ4v) is 1.91. The van der Waals surface area contributed by atoms with Crippen molar-refractivity contribution in [2.24, 2.45) is 5.41 Å². The molecule has 120 valence electrons. The zero-order chi connectivity index (χ0) is 16.6. The quantitative estimate of drug-likeness (QED) is 0.619. The van der Waals surface area contributed by atoms with E-state index in [1.807, 2.05) is 24.3 Å². The Labute approximate surface area is 131 Å². The van der Waals surface area contributed by atoms with Gasteiger partial charge in [-0.2, -0.15) is 0 Å². The number of esters is 1. The fourth-order valence-electron chi connectivity index (χ4n) is 1.91. The molecule has 1 atom stereocenters. The van der Waals surface area contributed by atoms with Crippen molar-refractivity contribution in [2.45, 2.75) is 33.3 Å². The first-order valence-corrected chi connectivity index (χ1v) is 7.03. The van der Waals surface area contributed by atoms with Crippen LogP contribution in [0.25, 0.3) is 0 Å². The number of allylic oxidation sites excluding steroid dienone is 5. The first kappa shape index (κ1) is 17.9. The summed E-state index contributed by atoms with van der Waals surface area (Å²) in [6.07, 6.45) is 12.1. The fraction of sp³-hybridized carbons (Fsp3) is 0.412. The molecule has 0 saturated carbocycles. The van der Waals surface area contributed by atoms with Gasteiger partial charge in [0.1, 0.15) is 5.76 Å². The number of carbonyl (C=O) groups excluding carboxylic acids is 1. The van der Waals surface area contributed by atoms with Gasteiger partial charge < -0.3 is 14.3 Å². The maximum atomic E-state index is 11.7. The van der Waals surface area contributed by atoms with E-state index < -0.39 is 17.5 Å². The topological polar surface area (TPSA) is 72.6 Å². The van der Waals surface area contributed by atoms with Crippen LogP contribution in [0, 0.1) is 5.41 Å². The van der Waals surface area contributed by atoms with Crippen LogP contribution in [0.5, 0.6) is 0 Å². The average molecular weight is 305 g/mol. The zero-order valence-corrected chi connectivity index (χ0v) is 13.4. The van der Waals surface area contributed by atoms with Gasteiger partial charge in [-0.05, 0) is 26.3 Å². The predicted octanol–water partition coefficient (Wildman–Crippen LogP) is 2.84. The van der Waals surface area contributed by atoms with Crippen molar-refractivity contribution in [1.82, 2.24) is 4.98 Å². The molecule has 0 spiro atoms. The molecule has 5 nitrogen and oxygen atoms in total. The van der Waals surface area contributed by atoms with Crippen LogP contribution in [0.1, 0.15) is 26.5 Å². The van der Waals surface area contributed by atoms with Gasteiger partial charge in [-0.1, -0.05) is 30.4 Å². The summed E-state index contributed by atoms with van der Waals surface area (Å²) in [7, 11) is 1.31. The van der Waals surface area contributed by atoms with Crippen LogP contribution >= 0.6 is 0 Å². The first-order valence-electron chi connectivity index (χ1n) is 7.03. The van der Waals surface area contributed by atoms with Crippen LogP contribution in [-0.2, 0) is 16.0 Å². The molecule has 5 heteroatoms. The van der Waals surface area contributed by atoms with Gasteiger partial charge in [-0.3, -0.25) is 4.79 Å². The van der Waals surface area contributed by atoms with Gasteiger partial charge in [0.2, 0.25) is 0 Å². The standard InChI is InChI=1S/C17H23NO4/c1-13(15(19)17(2,3)16(20)21-4)9-7-5-6-8-10-14-11-18-12-22-14/h5-9,11-12,15,19H,10H2,1-4H3/b7-5+,8-6+,13-9-. The summed E-state index contributed by atoms with van der Waals surface area (Å²) in [5, 5.41) is 10.2. The van der Waals surface area contributed by atoms with Crippen molar-refractivity contribution < 1.29 is 19.1 Å². The molecule has 1 rings (SSSR count). The summed E-state index contributed by atoms with van der Waals surface area (Å²) in [4.78, 5) is 15.5. The molecule has 0 fully saturated rings. The van der Waals surface area contributed by atoms with Crippen LogP contribution in [0.3, 0.4) is 0 Å². The number of ether oxygens (including phenoxy) is 1. The molecular formula is C17H23NO4. The lowest BCUT2D eigenvalue weighted by Gasteiger charge is -2.28. The lowest BCUT2D eigenvalue weighted by molar-refractivity contribution is -0.155. The third-order valence-corrected chi connectivity index (χ3v) is 3.35. The van der Waals surface area contributed by atoms with E-state index in [2.05, 4.69) is 4.98 Å². The van der Waals surface area contributed by atoms with Crippen molar-refractivity contribution in [2.75, 3.05) is 7.11 Å². The van der Waals surface area contributed by atoms with Crippen LogP contribution in [0.2, 0.25) is 0 Å². The molecule has 0 aliphatic heterocycles. The molecule has 0 radical (unpaired) electrons. The number of carbonyl (C=O) groups is 1. The van der Waals surface area contributed by atoms with Gasteiger partial charge >= 0.3 is 5.97 Å². The smallest absolute Gasteiger partial charge is 0.314 e. The Morgan fingerprint density at radius 1 is 1.45 bits per heavy atom. The zero-order valence-electron chi connectivity index (χ0n) is 13.4. The number of hydrogen-bond donors (Lipinski definition) is 1. The van der Waals surface area contributed by atoms with Crippen molar-refractivity contribution in [3.8, 4) is 0 Å². The minimum absolute atomic E-state index is 0.441. The Morgan fingerprint density at radius 3 is 2.77 bits per heavy atom. The summed E-state index contributed by atoms with van der Waals surface area (Å²) in [5.41, 5.74) is -0.291. The maximum absolute atomic E-state index is 11.7. The summed E-state index contributed by atoms with van der Waals surface area (Å²) < 4.78 is 9.81. The molecule has 0 aromatic carbocycles. The number of nitrogens with zero attached hydrogens (tertiary/aromatic N) is 1. The number of aliphatic hydroxyl groups is 1. The molecule has 22 heavy (non-hydrogen) atoms. The number of methoxy groups -OCH3 is 1. The van der Waals surface area contributed by atoms with E-state index in [4.69, 9.17) is 9.15 Å². The van der Waals surface area contributed by atoms with E-state index in [-0.39, 0.29) is 0 Å². The highest BCUT2D eigenvalue weighted by Crippen LogP contribution is 2.27. The number of aromatic nitrogens is 1. The Balaban J connectivity index is 2.55. The highest BCUT2D eigenvalue weighted by molar-refractivity contribution is 5.77. The van der Waals surface area contributed by atoms with E-state index in [9.17, 15) is 9.90 Å². The van der Waals surface area contributed by atoms with Crippen molar-refractivity contribution >= 4 is 5.97 Å². The normalized spacial score (nSPS) is 14.7. The highest BCUT2D eigenvalue weighted by Gasteiger charge is 2.37. The van der Waals surface area contributed by atoms with Crippen LogP contribution in [0.4, 0.5) is 0 Å². The average Bonchev–Trinajstić information content (AvgIpc) is 3.01. The second-order valence-electron chi connectivity index (χ2n) is 5.51. The molecule has 0 aliphatic rings. The minimum Gasteiger partial charge on any atom is -0.469 e. The maximum Gasteiger partial charge on any atom is 0.314 e. The van der Waals surface area contributed by atoms with E-state index in [1.54, 1.807) is 33.0 Å². The largest absolute Gasteiger partial charge is 0.469 e. The molecule has 1 N–H and O–H groups in total. The SMILES string of the molecule is COC(=O)C(C)(C)C(O)\C(C)=C/C=C/C=C/Cc1cnco1.